The van der Waals surface area contributed by atoms with Crippen LogP contribution in [0.3, 0.4) is 0 Å². The Kier molecular flexibility index (Phi) is 5.11. The zero-order valence-electron chi connectivity index (χ0n) is 10.3. The summed E-state index contributed by atoms with van der Waals surface area (Å²) in [6.45, 7) is 4.64. The molecule has 1 atom stereocenters. The van der Waals surface area contributed by atoms with Gasteiger partial charge in [-0.25, -0.2) is 0 Å². The molecule has 0 aromatic carbocycles. The lowest BCUT2D eigenvalue weighted by atomic mass is 9.89. The first-order chi connectivity index (χ1) is 7.96. The van der Waals surface area contributed by atoms with E-state index in [2.05, 4.69) is 5.32 Å². The fraction of sp³-hybridized carbons (Fsp3) is 0.583. The summed E-state index contributed by atoms with van der Waals surface area (Å²) >= 11 is 1.48. The minimum absolute atomic E-state index is 0.112. The first-order valence-corrected chi connectivity index (χ1v) is 6.52. The summed E-state index contributed by atoms with van der Waals surface area (Å²) in [6.07, 6.45) is 0.654. The quantitative estimate of drug-likeness (QED) is 0.717. The molecular weight excluding hydrogens is 236 g/mol. The molecule has 0 saturated carbocycles. The van der Waals surface area contributed by atoms with Crippen LogP contribution in [0.5, 0.6) is 0 Å². The number of carbonyl (C=O) groups excluding carboxylic acids is 1. The highest BCUT2D eigenvalue weighted by Gasteiger charge is 2.21. The number of rotatable bonds is 6. The predicted octanol–water partition coefficient (Wildman–Crippen LogP) is 1.27. The molecule has 1 amide bonds. The fourth-order valence-electron chi connectivity index (χ4n) is 1.42. The zero-order chi connectivity index (χ0) is 12.9. The maximum absolute atomic E-state index is 11.8. The average molecular weight is 256 g/mol. The first kappa shape index (κ1) is 14.2. The van der Waals surface area contributed by atoms with Gasteiger partial charge in [0.15, 0.2) is 0 Å². The van der Waals surface area contributed by atoms with E-state index in [1.807, 2.05) is 31.4 Å². The third-order valence-corrected chi connectivity index (χ3v) is 3.62. The van der Waals surface area contributed by atoms with Crippen LogP contribution in [0.15, 0.2) is 17.5 Å². The lowest BCUT2D eigenvalue weighted by Crippen LogP contribution is -2.39. The second kappa shape index (κ2) is 6.14. The number of aliphatic hydroxyl groups is 1. The molecule has 0 saturated heterocycles. The Bertz CT molecular complexity index is 349. The van der Waals surface area contributed by atoms with E-state index < -0.39 is 6.04 Å². The van der Waals surface area contributed by atoms with Gasteiger partial charge in [-0.05, 0) is 23.3 Å². The maximum atomic E-state index is 11.8. The monoisotopic (exact) mass is 256 g/mol. The molecule has 17 heavy (non-hydrogen) atoms. The molecule has 4 nitrogen and oxygen atoms in total. The van der Waals surface area contributed by atoms with Gasteiger partial charge in [0.2, 0.25) is 5.91 Å². The third kappa shape index (κ3) is 4.46. The standard InChI is InChI=1S/C12H20N2O2S/c1-12(2,5-6-15)8-14-11(16)10(13)9-4-3-7-17-9/h3-4,7,10,15H,5-6,8,13H2,1-2H3,(H,14,16). The Balaban J connectivity index is 2.45. The van der Waals surface area contributed by atoms with Crippen LogP contribution < -0.4 is 11.1 Å². The van der Waals surface area contributed by atoms with Crippen LogP contribution in [0.2, 0.25) is 0 Å². The van der Waals surface area contributed by atoms with Gasteiger partial charge in [0.1, 0.15) is 6.04 Å². The number of nitrogens with one attached hydrogen (secondary N) is 1. The van der Waals surface area contributed by atoms with E-state index in [1.54, 1.807) is 0 Å². The number of carbonyl (C=O) groups is 1. The van der Waals surface area contributed by atoms with E-state index >= 15 is 0 Å². The van der Waals surface area contributed by atoms with Crippen LogP contribution in [-0.2, 0) is 4.79 Å². The van der Waals surface area contributed by atoms with Gasteiger partial charge in [-0.3, -0.25) is 4.79 Å². The van der Waals surface area contributed by atoms with Gasteiger partial charge in [0, 0.05) is 18.0 Å². The SMILES string of the molecule is CC(C)(CCO)CNC(=O)C(N)c1cccs1. The van der Waals surface area contributed by atoms with Gasteiger partial charge in [0.05, 0.1) is 0 Å². The summed E-state index contributed by atoms with van der Waals surface area (Å²) in [5.74, 6) is -0.168. The van der Waals surface area contributed by atoms with Crippen molar-refractivity contribution in [2.24, 2.45) is 11.1 Å². The van der Waals surface area contributed by atoms with Crippen molar-refractivity contribution in [2.45, 2.75) is 26.3 Å². The number of aliphatic hydroxyl groups excluding tert-OH is 1. The molecule has 0 aliphatic carbocycles. The molecule has 0 spiro atoms. The van der Waals surface area contributed by atoms with Gasteiger partial charge in [-0.2, -0.15) is 0 Å². The van der Waals surface area contributed by atoms with Crippen molar-refractivity contribution in [3.63, 3.8) is 0 Å². The molecule has 0 fully saturated rings. The number of amides is 1. The Hall–Kier alpha value is -0.910. The number of thiophene rings is 1. The molecule has 0 radical (unpaired) electrons. The molecule has 4 N–H and O–H groups in total. The number of hydrogen-bond donors (Lipinski definition) is 3. The van der Waals surface area contributed by atoms with Crippen molar-refractivity contribution < 1.29 is 9.90 Å². The molecular formula is C12H20N2O2S. The summed E-state index contributed by atoms with van der Waals surface area (Å²) in [4.78, 5) is 12.7. The van der Waals surface area contributed by atoms with E-state index in [4.69, 9.17) is 10.8 Å². The van der Waals surface area contributed by atoms with Gasteiger partial charge in [-0.15, -0.1) is 11.3 Å². The minimum Gasteiger partial charge on any atom is -0.396 e. The topological polar surface area (TPSA) is 75.3 Å². The van der Waals surface area contributed by atoms with Crippen molar-refractivity contribution in [1.29, 1.82) is 0 Å². The van der Waals surface area contributed by atoms with Gasteiger partial charge in [-0.1, -0.05) is 19.9 Å². The predicted molar refractivity (Wildman–Crippen MR) is 69.7 cm³/mol. The highest BCUT2D eigenvalue weighted by Crippen LogP contribution is 2.20. The number of hydrogen-bond acceptors (Lipinski definition) is 4. The lowest BCUT2D eigenvalue weighted by Gasteiger charge is -2.24. The molecule has 1 aromatic heterocycles. The van der Waals surface area contributed by atoms with E-state index in [9.17, 15) is 4.79 Å². The second-order valence-electron chi connectivity index (χ2n) is 4.85. The lowest BCUT2D eigenvalue weighted by molar-refractivity contribution is -0.122. The molecule has 0 aliphatic rings. The average Bonchev–Trinajstić information content (AvgIpc) is 2.78. The van der Waals surface area contributed by atoms with Crippen molar-refractivity contribution in [3.8, 4) is 0 Å². The van der Waals surface area contributed by atoms with Gasteiger partial charge < -0.3 is 16.2 Å². The van der Waals surface area contributed by atoms with E-state index in [0.29, 0.717) is 13.0 Å². The van der Waals surface area contributed by atoms with Crippen molar-refractivity contribution >= 4 is 17.2 Å². The van der Waals surface area contributed by atoms with Gasteiger partial charge >= 0.3 is 0 Å². The Labute approximate surface area is 106 Å². The molecule has 1 aromatic rings. The molecule has 0 bridgehead atoms. The summed E-state index contributed by atoms with van der Waals surface area (Å²) in [5, 5.41) is 13.6. The molecule has 1 heterocycles. The number of nitrogens with two attached hydrogens (primary N) is 1. The largest absolute Gasteiger partial charge is 0.396 e. The highest BCUT2D eigenvalue weighted by atomic mass is 32.1. The van der Waals surface area contributed by atoms with Crippen LogP contribution in [-0.4, -0.2) is 24.2 Å². The Morgan fingerprint density at radius 2 is 2.35 bits per heavy atom. The molecule has 1 unspecified atom stereocenters. The van der Waals surface area contributed by atoms with E-state index in [1.165, 1.54) is 11.3 Å². The zero-order valence-corrected chi connectivity index (χ0v) is 11.1. The van der Waals surface area contributed by atoms with E-state index in [-0.39, 0.29) is 17.9 Å². The normalized spacial score (nSPS) is 13.4. The maximum Gasteiger partial charge on any atom is 0.242 e. The van der Waals surface area contributed by atoms with Crippen LogP contribution in [0.4, 0.5) is 0 Å². The van der Waals surface area contributed by atoms with Crippen LogP contribution in [0.1, 0.15) is 31.2 Å². The van der Waals surface area contributed by atoms with Gasteiger partial charge in [0.25, 0.3) is 0 Å². The molecule has 0 aliphatic heterocycles. The summed E-state index contributed by atoms with van der Waals surface area (Å²) in [7, 11) is 0. The molecule has 5 heteroatoms. The minimum atomic E-state index is -0.597. The fourth-order valence-corrected chi connectivity index (χ4v) is 2.15. The molecule has 96 valence electrons. The summed E-state index contributed by atoms with van der Waals surface area (Å²) in [6, 6.07) is 3.14. The van der Waals surface area contributed by atoms with Crippen molar-refractivity contribution in [1.82, 2.24) is 5.32 Å². The van der Waals surface area contributed by atoms with Crippen molar-refractivity contribution in [2.75, 3.05) is 13.2 Å². The van der Waals surface area contributed by atoms with Crippen LogP contribution in [0, 0.1) is 5.41 Å². The Morgan fingerprint density at radius 1 is 1.65 bits per heavy atom. The van der Waals surface area contributed by atoms with Crippen LogP contribution >= 0.6 is 11.3 Å². The Morgan fingerprint density at radius 3 is 2.88 bits per heavy atom. The smallest absolute Gasteiger partial charge is 0.242 e. The van der Waals surface area contributed by atoms with Crippen molar-refractivity contribution in [3.05, 3.63) is 22.4 Å². The molecule has 1 rings (SSSR count). The third-order valence-electron chi connectivity index (χ3n) is 2.66. The summed E-state index contributed by atoms with van der Waals surface area (Å²) < 4.78 is 0. The van der Waals surface area contributed by atoms with E-state index in [0.717, 1.165) is 4.88 Å². The highest BCUT2D eigenvalue weighted by molar-refractivity contribution is 7.10. The first-order valence-electron chi connectivity index (χ1n) is 5.64. The second-order valence-corrected chi connectivity index (χ2v) is 5.83. The van der Waals surface area contributed by atoms with Crippen LogP contribution in [0.25, 0.3) is 0 Å². The summed E-state index contributed by atoms with van der Waals surface area (Å²) in [5.41, 5.74) is 5.72.